The Morgan fingerprint density at radius 2 is 1.53 bits per heavy atom. The lowest BCUT2D eigenvalue weighted by atomic mass is 9.95. The molecule has 0 saturated heterocycles. The fraction of sp³-hybridized carbons (Fsp3) is 0.192. The Kier molecular flexibility index (Phi) is 5.53. The van der Waals surface area contributed by atoms with Crippen LogP contribution in [-0.4, -0.2) is 29.7 Å². The van der Waals surface area contributed by atoms with Crippen LogP contribution in [0.5, 0.6) is 23.0 Å². The van der Waals surface area contributed by atoms with Crippen molar-refractivity contribution in [2.24, 2.45) is 0 Å². The normalized spacial score (nSPS) is 12.6. The summed E-state index contributed by atoms with van der Waals surface area (Å²) in [6.45, 7) is 0.718. The second kappa shape index (κ2) is 8.53. The molecule has 0 N–H and O–H groups in total. The molecular formula is C26H24NO6S+. The molecule has 0 amide bonds. The summed E-state index contributed by atoms with van der Waals surface area (Å²) in [4.78, 5) is 0.0784. The van der Waals surface area contributed by atoms with Gasteiger partial charge in [-0.05, 0) is 47.3 Å². The predicted octanol–water partition coefficient (Wildman–Crippen LogP) is 4.14. The van der Waals surface area contributed by atoms with Crippen LogP contribution in [0, 0.1) is 0 Å². The van der Waals surface area contributed by atoms with Crippen LogP contribution in [-0.2, 0) is 23.1 Å². The summed E-state index contributed by atoms with van der Waals surface area (Å²) in [5.41, 5.74) is 3.20. The highest BCUT2D eigenvalue weighted by Crippen LogP contribution is 2.41. The van der Waals surface area contributed by atoms with Crippen LogP contribution in [0.1, 0.15) is 5.56 Å². The average molecular weight is 479 g/mol. The van der Waals surface area contributed by atoms with E-state index in [1.54, 1.807) is 38.5 Å². The van der Waals surface area contributed by atoms with Gasteiger partial charge in [-0.3, -0.25) is 0 Å². The van der Waals surface area contributed by atoms with E-state index in [2.05, 4.69) is 4.57 Å². The lowest BCUT2D eigenvalue weighted by Gasteiger charge is -2.19. The molecule has 4 aromatic rings. The highest BCUT2D eigenvalue weighted by atomic mass is 32.2. The van der Waals surface area contributed by atoms with Gasteiger partial charge in [0.15, 0.2) is 35.7 Å². The first-order chi connectivity index (χ1) is 16.4. The molecule has 0 fully saturated rings. The van der Waals surface area contributed by atoms with Crippen molar-refractivity contribution in [3.8, 4) is 34.3 Å². The number of pyridine rings is 1. The predicted molar refractivity (Wildman–Crippen MR) is 127 cm³/mol. The van der Waals surface area contributed by atoms with Crippen molar-refractivity contribution in [3.63, 3.8) is 0 Å². The van der Waals surface area contributed by atoms with Gasteiger partial charge in [-0.1, -0.05) is 18.2 Å². The molecule has 174 valence electrons. The third-order valence-electron chi connectivity index (χ3n) is 6.03. The van der Waals surface area contributed by atoms with E-state index < -0.39 is 10.1 Å². The van der Waals surface area contributed by atoms with Gasteiger partial charge in [-0.2, -0.15) is 13.0 Å². The van der Waals surface area contributed by atoms with Gasteiger partial charge in [0, 0.05) is 12.5 Å². The van der Waals surface area contributed by atoms with Gasteiger partial charge in [-0.25, -0.2) is 0 Å². The highest BCUT2D eigenvalue weighted by molar-refractivity contribution is 7.87. The molecule has 3 aromatic carbocycles. The van der Waals surface area contributed by atoms with Crippen molar-refractivity contribution < 1.29 is 31.4 Å². The van der Waals surface area contributed by atoms with Crippen molar-refractivity contribution in [3.05, 3.63) is 72.4 Å². The smallest absolute Gasteiger partial charge is 0.339 e. The second-order valence-electron chi connectivity index (χ2n) is 7.92. The van der Waals surface area contributed by atoms with Crippen molar-refractivity contribution in [1.82, 2.24) is 0 Å². The molecule has 1 aliphatic heterocycles. The number of rotatable bonds is 6. The maximum atomic E-state index is 13.0. The Hall–Kier alpha value is -3.78. The van der Waals surface area contributed by atoms with E-state index >= 15 is 0 Å². The minimum atomic E-state index is -4.04. The first-order valence-corrected chi connectivity index (χ1v) is 12.1. The van der Waals surface area contributed by atoms with E-state index in [1.165, 1.54) is 19.2 Å². The van der Waals surface area contributed by atoms with E-state index in [4.69, 9.17) is 18.4 Å². The van der Waals surface area contributed by atoms with Crippen LogP contribution < -0.4 is 23.0 Å². The molecule has 0 saturated carbocycles. The molecule has 5 rings (SSSR count). The quantitative estimate of drug-likeness (QED) is 0.306. The van der Waals surface area contributed by atoms with Crippen LogP contribution in [0.2, 0.25) is 0 Å². The van der Waals surface area contributed by atoms with Crippen LogP contribution >= 0.6 is 0 Å². The fourth-order valence-corrected chi connectivity index (χ4v) is 5.30. The summed E-state index contributed by atoms with van der Waals surface area (Å²) < 4.78 is 50.2. The van der Waals surface area contributed by atoms with Gasteiger partial charge >= 0.3 is 10.1 Å². The lowest BCUT2D eigenvalue weighted by Crippen LogP contribution is -2.40. The third-order valence-corrected chi connectivity index (χ3v) is 7.27. The van der Waals surface area contributed by atoms with E-state index in [1.807, 2.05) is 30.5 Å². The zero-order chi connectivity index (χ0) is 23.9. The molecule has 34 heavy (non-hydrogen) atoms. The largest absolute Gasteiger partial charge is 0.493 e. The summed E-state index contributed by atoms with van der Waals surface area (Å²) in [5, 5.41) is 1.47. The van der Waals surface area contributed by atoms with Crippen LogP contribution in [0.3, 0.4) is 0 Å². The Labute approximate surface area is 198 Å². The van der Waals surface area contributed by atoms with E-state index in [0.717, 1.165) is 35.2 Å². The van der Waals surface area contributed by atoms with Gasteiger partial charge in [-0.15, -0.1) is 0 Å². The number of nitrogens with zero attached hydrogens (tertiary/aromatic N) is 1. The molecule has 0 unspecified atom stereocenters. The van der Waals surface area contributed by atoms with Gasteiger partial charge in [0.25, 0.3) is 0 Å². The molecule has 0 spiro atoms. The summed E-state index contributed by atoms with van der Waals surface area (Å²) in [6, 6.07) is 17.7. The number of ether oxygens (including phenoxy) is 3. The molecule has 0 bridgehead atoms. The zero-order valence-corrected chi connectivity index (χ0v) is 19.9. The Morgan fingerprint density at radius 3 is 2.24 bits per heavy atom. The summed E-state index contributed by atoms with van der Waals surface area (Å²) in [6.07, 6.45) is 2.71. The van der Waals surface area contributed by atoms with Crippen molar-refractivity contribution in [2.45, 2.75) is 17.9 Å². The first-order valence-electron chi connectivity index (χ1n) is 10.7. The van der Waals surface area contributed by atoms with Crippen LogP contribution in [0.25, 0.3) is 22.0 Å². The van der Waals surface area contributed by atoms with Gasteiger partial charge in [0.05, 0.1) is 32.3 Å². The number of hydrogen-bond acceptors (Lipinski definition) is 6. The molecular weight excluding hydrogens is 454 g/mol. The lowest BCUT2D eigenvalue weighted by molar-refractivity contribution is -0.686. The van der Waals surface area contributed by atoms with E-state index in [9.17, 15) is 8.42 Å². The minimum Gasteiger partial charge on any atom is -0.493 e. The van der Waals surface area contributed by atoms with E-state index in [-0.39, 0.29) is 10.6 Å². The molecule has 1 aromatic heterocycles. The first kappa shape index (κ1) is 22.0. The second-order valence-corrected chi connectivity index (χ2v) is 9.46. The number of benzene rings is 3. The number of aryl methyl sites for hydroxylation is 2. The Morgan fingerprint density at radius 1 is 0.824 bits per heavy atom. The Bertz CT molecular complexity index is 1500. The number of fused-ring (bicyclic) bond motifs is 4. The number of methoxy groups -OCH3 is 3. The molecule has 0 atom stereocenters. The average Bonchev–Trinajstić information content (AvgIpc) is 2.87. The van der Waals surface area contributed by atoms with E-state index in [0.29, 0.717) is 22.6 Å². The monoisotopic (exact) mass is 478 g/mol. The molecule has 1 aliphatic rings. The van der Waals surface area contributed by atoms with Gasteiger partial charge in [0.2, 0.25) is 5.69 Å². The Balaban J connectivity index is 1.67. The van der Waals surface area contributed by atoms with Crippen LogP contribution in [0.15, 0.2) is 71.8 Å². The standard InChI is InChI=1S/C26H24NO6S/c1-30-23-10-9-17-13-22-20-15-25(32-3)24(31-2)14-18(20)11-12-27(22)16-21(17)26(23)33-34(28,29)19-7-5-4-6-8-19/h4-10,13-16H,11-12H2,1-3H3/q+1. The van der Waals surface area contributed by atoms with Gasteiger partial charge < -0.3 is 18.4 Å². The highest BCUT2D eigenvalue weighted by Gasteiger charge is 2.28. The number of hydrogen-bond donors (Lipinski definition) is 0. The maximum Gasteiger partial charge on any atom is 0.339 e. The minimum absolute atomic E-state index is 0.0784. The summed E-state index contributed by atoms with van der Waals surface area (Å²) >= 11 is 0. The van der Waals surface area contributed by atoms with Crippen molar-refractivity contribution in [1.29, 1.82) is 0 Å². The van der Waals surface area contributed by atoms with Gasteiger partial charge in [0.1, 0.15) is 4.90 Å². The molecule has 7 nitrogen and oxygen atoms in total. The zero-order valence-electron chi connectivity index (χ0n) is 19.1. The maximum absolute atomic E-state index is 13.0. The number of aromatic nitrogens is 1. The molecule has 2 heterocycles. The fourth-order valence-electron chi connectivity index (χ4n) is 4.33. The van der Waals surface area contributed by atoms with Crippen molar-refractivity contribution in [2.75, 3.05) is 21.3 Å². The van der Waals surface area contributed by atoms with Crippen molar-refractivity contribution >= 4 is 20.9 Å². The summed E-state index contributed by atoms with van der Waals surface area (Å²) in [5.74, 6) is 1.86. The third kappa shape index (κ3) is 3.70. The SMILES string of the molecule is COc1cc2c(cc1OC)-c1cc3ccc(OC)c(OS(=O)(=O)c4ccccc4)c3c[n+]1CC2. The molecule has 8 heteroatoms. The summed E-state index contributed by atoms with van der Waals surface area (Å²) in [7, 11) is 0.689. The molecule has 0 aliphatic carbocycles. The van der Waals surface area contributed by atoms with Crippen LogP contribution in [0.4, 0.5) is 0 Å². The topological polar surface area (TPSA) is 74.9 Å². The molecule has 0 radical (unpaired) electrons.